The Morgan fingerprint density at radius 2 is 1.59 bits per heavy atom. The summed E-state index contributed by atoms with van der Waals surface area (Å²) in [7, 11) is 0. The number of urea groups is 1. The number of rotatable bonds is 5. The van der Waals surface area contributed by atoms with Crippen LogP contribution >= 0.6 is 0 Å². The van der Waals surface area contributed by atoms with Gasteiger partial charge in [-0.15, -0.1) is 0 Å². The van der Waals surface area contributed by atoms with Gasteiger partial charge in [-0.1, -0.05) is 50.2 Å². The molecule has 0 saturated heterocycles. The number of phenolic OH excluding ortho intramolecular Hbond substituents is 1. The highest BCUT2D eigenvalue weighted by Crippen LogP contribution is 2.29. The number of carbonyl (C=O) groups is 1. The van der Waals surface area contributed by atoms with Crippen LogP contribution in [0.2, 0.25) is 0 Å². The average molecular weight is 364 g/mol. The number of amides is 2. The molecule has 0 radical (unpaired) electrons. The molecule has 0 aliphatic rings. The number of carbonyl (C=O) groups excluding carboxylic acids is 1. The molecule has 5 nitrogen and oxygen atoms in total. The highest BCUT2D eigenvalue weighted by atomic mass is 16.5. The predicted octanol–water partition coefficient (Wildman–Crippen LogP) is 5.22. The Balaban J connectivity index is 1.63. The van der Waals surface area contributed by atoms with Crippen LogP contribution in [0, 0.1) is 0 Å². The minimum absolute atomic E-state index is 0.179. The van der Waals surface area contributed by atoms with Gasteiger partial charge >= 0.3 is 6.03 Å². The molecule has 1 atom stereocenters. The number of hydrogen-bond donors (Lipinski definition) is 3. The van der Waals surface area contributed by atoms with E-state index in [0.717, 1.165) is 5.39 Å². The number of nitrogens with one attached hydrogen (secondary N) is 2. The van der Waals surface area contributed by atoms with Gasteiger partial charge in [-0.05, 0) is 42.7 Å². The second-order valence-corrected chi connectivity index (χ2v) is 6.76. The van der Waals surface area contributed by atoms with Crippen LogP contribution in [0.1, 0.15) is 32.3 Å². The van der Waals surface area contributed by atoms with E-state index in [2.05, 4.69) is 24.5 Å². The number of ether oxygens (including phenoxy) is 1. The van der Waals surface area contributed by atoms with Crippen LogP contribution in [0.3, 0.4) is 0 Å². The Kier molecular flexibility index (Phi) is 5.50. The summed E-state index contributed by atoms with van der Waals surface area (Å²) >= 11 is 0. The number of aromatic hydroxyl groups is 1. The Bertz CT molecular complexity index is 936. The summed E-state index contributed by atoms with van der Waals surface area (Å²) in [6.45, 7) is 6.04. The van der Waals surface area contributed by atoms with E-state index in [1.165, 1.54) is 5.56 Å². The molecule has 27 heavy (non-hydrogen) atoms. The van der Waals surface area contributed by atoms with Crippen molar-refractivity contribution in [2.45, 2.75) is 32.9 Å². The van der Waals surface area contributed by atoms with E-state index in [4.69, 9.17) is 4.74 Å². The standard InChI is InChI=1S/C22H24N2O3/c1-14(2)16-10-12-17(13-11-16)27-15(3)23-22(26)24-20-8-4-7-19-18(20)6-5-9-21(19)25/h4-15,25H,1-3H3,(H2,23,24,26). The van der Waals surface area contributed by atoms with Gasteiger partial charge in [0.05, 0.1) is 5.69 Å². The maximum Gasteiger partial charge on any atom is 0.322 e. The van der Waals surface area contributed by atoms with Gasteiger partial charge in [0.2, 0.25) is 0 Å². The number of hydrogen-bond acceptors (Lipinski definition) is 3. The zero-order chi connectivity index (χ0) is 19.4. The van der Waals surface area contributed by atoms with E-state index in [-0.39, 0.29) is 11.8 Å². The second-order valence-electron chi connectivity index (χ2n) is 6.76. The first-order chi connectivity index (χ1) is 12.9. The lowest BCUT2D eigenvalue weighted by atomic mass is 10.0. The minimum atomic E-state index is -0.502. The van der Waals surface area contributed by atoms with E-state index in [9.17, 15) is 9.90 Å². The van der Waals surface area contributed by atoms with Gasteiger partial charge < -0.3 is 20.5 Å². The quantitative estimate of drug-likeness (QED) is 0.544. The first kappa shape index (κ1) is 18.6. The molecule has 3 rings (SSSR count). The van der Waals surface area contributed by atoms with Crippen LogP contribution in [0.5, 0.6) is 11.5 Å². The van der Waals surface area contributed by atoms with Crippen molar-refractivity contribution in [3.8, 4) is 11.5 Å². The zero-order valence-corrected chi connectivity index (χ0v) is 15.7. The summed E-state index contributed by atoms with van der Waals surface area (Å²) in [6, 6.07) is 18.1. The molecule has 3 aromatic carbocycles. The molecule has 140 valence electrons. The third-order valence-electron chi connectivity index (χ3n) is 4.34. The fourth-order valence-electron chi connectivity index (χ4n) is 2.91. The van der Waals surface area contributed by atoms with Crippen molar-refractivity contribution in [3.63, 3.8) is 0 Å². The molecule has 0 spiro atoms. The lowest BCUT2D eigenvalue weighted by molar-refractivity contribution is 0.183. The van der Waals surface area contributed by atoms with E-state index in [1.54, 1.807) is 37.3 Å². The van der Waals surface area contributed by atoms with Gasteiger partial charge in [0.1, 0.15) is 11.5 Å². The molecule has 0 aliphatic carbocycles. The molecule has 0 bridgehead atoms. The summed E-state index contributed by atoms with van der Waals surface area (Å²) in [6.07, 6.45) is -0.502. The van der Waals surface area contributed by atoms with Gasteiger partial charge in [0.15, 0.2) is 6.23 Å². The fourth-order valence-corrected chi connectivity index (χ4v) is 2.91. The monoisotopic (exact) mass is 364 g/mol. The maximum absolute atomic E-state index is 12.3. The van der Waals surface area contributed by atoms with Crippen molar-refractivity contribution in [1.82, 2.24) is 5.32 Å². The van der Waals surface area contributed by atoms with Gasteiger partial charge in [0, 0.05) is 10.8 Å². The summed E-state index contributed by atoms with van der Waals surface area (Å²) in [5.74, 6) is 1.33. The molecule has 3 N–H and O–H groups in total. The van der Waals surface area contributed by atoms with Crippen LogP contribution in [0.25, 0.3) is 10.8 Å². The SMILES string of the molecule is CC(NC(=O)Nc1cccc2c(O)cccc12)Oc1ccc(C(C)C)cc1. The molecule has 0 aliphatic heterocycles. The highest BCUT2D eigenvalue weighted by molar-refractivity contribution is 6.03. The molecule has 1 unspecified atom stereocenters. The number of fused-ring (bicyclic) bond motifs is 1. The van der Waals surface area contributed by atoms with Crippen molar-refractivity contribution < 1.29 is 14.6 Å². The summed E-state index contributed by atoms with van der Waals surface area (Å²) in [5, 5.41) is 17.0. The first-order valence-corrected chi connectivity index (χ1v) is 8.99. The largest absolute Gasteiger partial charge is 0.507 e. The molecule has 2 amide bonds. The van der Waals surface area contributed by atoms with E-state index in [1.807, 2.05) is 30.3 Å². The van der Waals surface area contributed by atoms with E-state index < -0.39 is 6.23 Å². The highest BCUT2D eigenvalue weighted by Gasteiger charge is 2.11. The Morgan fingerprint density at radius 3 is 2.30 bits per heavy atom. The van der Waals surface area contributed by atoms with Crippen molar-refractivity contribution in [3.05, 3.63) is 66.2 Å². The number of anilines is 1. The van der Waals surface area contributed by atoms with Crippen LogP contribution in [-0.4, -0.2) is 17.4 Å². The molecule has 5 heteroatoms. The van der Waals surface area contributed by atoms with Crippen molar-refractivity contribution >= 4 is 22.5 Å². The van der Waals surface area contributed by atoms with Crippen molar-refractivity contribution in [1.29, 1.82) is 0 Å². The lowest BCUT2D eigenvalue weighted by Gasteiger charge is -2.18. The predicted molar refractivity (Wildman–Crippen MR) is 108 cm³/mol. The molecular formula is C22H24N2O3. The Hall–Kier alpha value is -3.21. The fraction of sp³-hybridized carbons (Fsp3) is 0.227. The number of phenols is 1. The molecular weight excluding hydrogens is 340 g/mol. The topological polar surface area (TPSA) is 70.6 Å². The molecule has 3 aromatic rings. The third-order valence-corrected chi connectivity index (χ3v) is 4.34. The summed E-state index contributed by atoms with van der Waals surface area (Å²) < 4.78 is 5.75. The van der Waals surface area contributed by atoms with Crippen LogP contribution in [-0.2, 0) is 0 Å². The average Bonchev–Trinajstić information content (AvgIpc) is 2.63. The Morgan fingerprint density at radius 1 is 0.926 bits per heavy atom. The van der Waals surface area contributed by atoms with Gasteiger partial charge in [0.25, 0.3) is 0 Å². The summed E-state index contributed by atoms with van der Waals surface area (Å²) in [5.41, 5.74) is 1.86. The maximum atomic E-state index is 12.3. The normalized spacial score (nSPS) is 12.0. The Labute approximate surface area is 159 Å². The number of benzene rings is 3. The first-order valence-electron chi connectivity index (χ1n) is 8.99. The van der Waals surface area contributed by atoms with Crippen LogP contribution in [0.15, 0.2) is 60.7 Å². The van der Waals surface area contributed by atoms with Crippen LogP contribution in [0.4, 0.5) is 10.5 Å². The zero-order valence-electron chi connectivity index (χ0n) is 15.7. The molecule has 0 aromatic heterocycles. The molecule has 0 fully saturated rings. The molecule has 0 heterocycles. The van der Waals surface area contributed by atoms with Gasteiger partial charge in [-0.3, -0.25) is 0 Å². The van der Waals surface area contributed by atoms with Crippen LogP contribution < -0.4 is 15.4 Å². The third kappa shape index (κ3) is 4.50. The van der Waals surface area contributed by atoms with E-state index in [0.29, 0.717) is 22.7 Å². The van der Waals surface area contributed by atoms with Gasteiger partial charge in [-0.25, -0.2) is 4.79 Å². The smallest absolute Gasteiger partial charge is 0.322 e. The lowest BCUT2D eigenvalue weighted by Crippen LogP contribution is -2.39. The van der Waals surface area contributed by atoms with E-state index >= 15 is 0 Å². The van der Waals surface area contributed by atoms with Crippen molar-refractivity contribution in [2.75, 3.05) is 5.32 Å². The van der Waals surface area contributed by atoms with Crippen molar-refractivity contribution in [2.24, 2.45) is 0 Å². The summed E-state index contributed by atoms with van der Waals surface area (Å²) in [4.78, 5) is 12.3. The molecule has 0 saturated carbocycles. The minimum Gasteiger partial charge on any atom is -0.507 e. The van der Waals surface area contributed by atoms with Gasteiger partial charge in [-0.2, -0.15) is 0 Å². The second kappa shape index (κ2) is 7.99.